The summed E-state index contributed by atoms with van der Waals surface area (Å²) in [6.45, 7) is 2.39. The SMILES string of the molecule is Cc1ccc(NC2CC(NC(=O)OCc3ccccc3)C2)cc1. The predicted octanol–water partition coefficient (Wildman–Crippen LogP) is 3.86. The molecule has 1 aliphatic carbocycles. The average Bonchev–Trinajstić information content (AvgIpc) is 2.54. The lowest BCUT2D eigenvalue weighted by molar-refractivity contribution is 0.129. The monoisotopic (exact) mass is 310 g/mol. The Morgan fingerprint density at radius 2 is 1.74 bits per heavy atom. The highest BCUT2D eigenvalue weighted by molar-refractivity contribution is 5.67. The van der Waals surface area contributed by atoms with Crippen molar-refractivity contribution in [3.05, 3.63) is 65.7 Å². The molecule has 0 aromatic heterocycles. The van der Waals surface area contributed by atoms with Crippen LogP contribution < -0.4 is 10.6 Å². The number of alkyl carbamates (subject to hydrolysis) is 1. The Morgan fingerprint density at radius 3 is 2.43 bits per heavy atom. The fourth-order valence-electron chi connectivity index (χ4n) is 2.67. The van der Waals surface area contributed by atoms with Gasteiger partial charge in [-0.3, -0.25) is 0 Å². The molecule has 4 heteroatoms. The zero-order valence-corrected chi connectivity index (χ0v) is 13.3. The first-order valence-corrected chi connectivity index (χ1v) is 7.99. The molecule has 0 unspecified atom stereocenters. The van der Waals surface area contributed by atoms with Gasteiger partial charge in [0.05, 0.1) is 0 Å². The van der Waals surface area contributed by atoms with E-state index < -0.39 is 0 Å². The number of rotatable bonds is 5. The normalized spacial score (nSPS) is 19.5. The number of nitrogens with one attached hydrogen (secondary N) is 2. The van der Waals surface area contributed by atoms with Gasteiger partial charge in [0.2, 0.25) is 0 Å². The Labute approximate surface area is 136 Å². The Kier molecular flexibility index (Phi) is 4.81. The van der Waals surface area contributed by atoms with Crippen LogP contribution in [0.2, 0.25) is 0 Å². The zero-order chi connectivity index (χ0) is 16.1. The van der Waals surface area contributed by atoms with Crippen LogP contribution in [0, 0.1) is 6.92 Å². The largest absolute Gasteiger partial charge is 0.445 e. The molecule has 2 aromatic carbocycles. The molecule has 2 aromatic rings. The number of benzene rings is 2. The number of ether oxygens (including phenoxy) is 1. The summed E-state index contributed by atoms with van der Waals surface area (Å²) in [5, 5.41) is 6.38. The average molecular weight is 310 g/mol. The van der Waals surface area contributed by atoms with E-state index in [1.807, 2.05) is 30.3 Å². The summed E-state index contributed by atoms with van der Waals surface area (Å²) in [5.41, 5.74) is 3.38. The highest BCUT2D eigenvalue weighted by Crippen LogP contribution is 2.24. The van der Waals surface area contributed by atoms with E-state index in [-0.39, 0.29) is 12.1 Å². The number of hydrogen-bond acceptors (Lipinski definition) is 3. The molecule has 3 rings (SSSR count). The van der Waals surface area contributed by atoms with Crippen molar-refractivity contribution >= 4 is 11.8 Å². The third-order valence-electron chi connectivity index (χ3n) is 4.10. The summed E-state index contributed by atoms with van der Waals surface area (Å²) in [7, 11) is 0. The molecule has 0 spiro atoms. The highest BCUT2D eigenvalue weighted by Gasteiger charge is 2.30. The maximum Gasteiger partial charge on any atom is 0.407 e. The van der Waals surface area contributed by atoms with Crippen LogP contribution in [0.25, 0.3) is 0 Å². The standard InChI is InChI=1S/C19H22N2O2/c1-14-7-9-16(10-8-14)20-17-11-18(12-17)21-19(22)23-13-15-5-3-2-4-6-15/h2-10,17-18,20H,11-13H2,1H3,(H,21,22). The van der Waals surface area contributed by atoms with Crippen LogP contribution in [0.3, 0.4) is 0 Å². The van der Waals surface area contributed by atoms with E-state index in [4.69, 9.17) is 4.74 Å². The fraction of sp³-hybridized carbons (Fsp3) is 0.316. The van der Waals surface area contributed by atoms with Gasteiger partial charge in [0.1, 0.15) is 6.61 Å². The molecule has 23 heavy (non-hydrogen) atoms. The Balaban J connectivity index is 1.35. The first-order chi connectivity index (χ1) is 11.2. The molecular weight excluding hydrogens is 288 g/mol. The molecule has 1 aliphatic rings. The summed E-state index contributed by atoms with van der Waals surface area (Å²) < 4.78 is 5.23. The summed E-state index contributed by atoms with van der Waals surface area (Å²) in [6.07, 6.45) is 1.51. The van der Waals surface area contributed by atoms with Crippen molar-refractivity contribution in [3.8, 4) is 0 Å². The topological polar surface area (TPSA) is 50.4 Å². The van der Waals surface area contributed by atoms with Crippen molar-refractivity contribution in [2.24, 2.45) is 0 Å². The molecular formula is C19H22N2O2. The summed E-state index contributed by atoms with van der Waals surface area (Å²) in [6, 6.07) is 18.7. The lowest BCUT2D eigenvalue weighted by Crippen LogP contribution is -2.49. The van der Waals surface area contributed by atoms with E-state index in [1.54, 1.807) is 0 Å². The number of carbonyl (C=O) groups excluding carboxylic acids is 1. The molecule has 2 N–H and O–H groups in total. The molecule has 1 saturated carbocycles. The number of aryl methyl sites for hydroxylation is 1. The van der Waals surface area contributed by atoms with Crippen LogP contribution in [0.15, 0.2) is 54.6 Å². The fourth-order valence-corrected chi connectivity index (χ4v) is 2.67. The minimum absolute atomic E-state index is 0.196. The van der Waals surface area contributed by atoms with Crippen molar-refractivity contribution < 1.29 is 9.53 Å². The van der Waals surface area contributed by atoms with Crippen LogP contribution in [0.5, 0.6) is 0 Å². The second-order valence-corrected chi connectivity index (χ2v) is 6.08. The molecule has 0 aliphatic heterocycles. The number of hydrogen-bond donors (Lipinski definition) is 2. The molecule has 1 fully saturated rings. The van der Waals surface area contributed by atoms with Gasteiger partial charge in [0.15, 0.2) is 0 Å². The smallest absolute Gasteiger partial charge is 0.407 e. The van der Waals surface area contributed by atoms with Gasteiger partial charge < -0.3 is 15.4 Å². The lowest BCUT2D eigenvalue weighted by Gasteiger charge is -2.36. The Bertz CT molecular complexity index is 634. The van der Waals surface area contributed by atoms with Gasteiger partial charge in [0, 0.05) is 17.8 Å². The molecule has 0 bridgehead atoms. The molecule has 0 heterocycles. The third kappa shape index (κ3) is 4.49. The van der Waals surface area contributed by atoms with Gasteiger partial charge in [0.25, 0.3) is 0 Å². The van der Waals surface area contributed by atoms with E-state index >= 15 is 0 Å². The maximum absolute atomic E-state index is 11.8. The van der Waals surface area contributed by atoms with Crippen LogP contribution >= 0.6 is 0 Å². The Morgan fingerprint density at radius 1 is 1.04 bits per heavy atom. The van der Waals surface area contributed by atoms with Crippen molar-refractivity contribution in [1.82, 2.24) is 5.32 Å². The van der Waals surface area contributed by atoms with E-state index in [1.165, 1.54) is 5.56 Å². The highest BCUT2D eigenvalue weighted by atomic mass is 16.5. The molecule has 1 amide bonds. The number of amides is 1. The van der Waals surface area contributed by atoms with E-state index in [9.17, 15) is 4.79 Å². The summed E-state index contributed by atoms with van der Waals surface area (Å²) in [5.74, 6) is 0. The van der Waals surface area contributed by atoms with Crippen molar-refractivity contribution in [2.75, 3.05) is 5.32 Å². The lowest BCUT2D eigenvalue weighted by atomic mass is 9.86. The van der Waals surface area contributed by atoms with Gasteiger partial charge in [-0.25, -0.2) is 4.79 Å². The Hall–Kier alpha value is -2.49. The molecule has 0 radical (unpaired) electrons. The molecule has 4 nitrogen and oxygen atoms in total. The van der Waals surface area contributed by atoms with Crippen molar-refractivity contribution in [3.63, 3.8) is 0 Å². The van der Waals surface area contributed by atoms with Gasteiger partial charge >= 0.3 is 6.09 Å². The van der Waals surface area contributed by atoms with Crippen LogP contribution in [-0.4, -0.2) is 18.2 Å². The minimum Gasteiger partial charge on any atom is -0.445 e. The molecule has 120 valence electrons. The quantitative estimate of drug-likeness (QED) is 0.881. The second-order valence-electron chi connectivity index (χ2n) is 6.08. The third-order valence-corrected chi connectivity index (χ3v) is 4.10. The maximum atomic E-state index is 11.8. The van der Waals surface area contributed by atoms with E-state index in [2.05, 4.69) is 41.8 Å². The first-order valence-electron chi connectivity index (χ1n) is 7.99. The van der Waals surface area contributed by atoms with Gasteiger partial charge in [-0.2, -0.15) is 0 Å². The van der Waals surface area contributed by atoms with E-state index in [0.29, 0.717) is 12.6 Å². The summed E-state index contributed by atoms with van der Waals surface area (Å²) >= 11 is 0. The van der Waals surface area contributed by atoms with Gasteiger partial charge in [-0.1, -0.05) is 48.0 Å². The molecule has 0 atom stereocenters. The predicted molar refractivity (Wildman–Crippen MR) is 91.4 cm³/mol. The molecule has 0 saturated heterocycles. The van der Waals surface area contributed by atoms with Gasteiger partial charge in [-0.05, 0) is 37.5 Å². The van der Waals surface area contributed by atoms with Crippen molar-refractivity contribution in [2.45, 2.75) is 38.5 Å². The van der Waals surface area contributed by atoms with E-state index in [0.717, 1.165) is 24.1 Å². The zero-order valence-electron chi connectivity index (χ0n) is 13.3. The second kappa shape index (κ2) is 7.18. The van der Waals surface area contributed by atoms with Crippen molar-refractivity contribution in [1.29, 1.82) is 0 Å². The number of carbonyl (C=O) groups is 1. The van der Waals surface area contributed by atoms with Crippen LogP contribution in [-0.2, 0) is 11.3 Å². The first kappa shape index (κ1) is 15.4. The summed E-state index contributed by atoms with van der Waals surface area (Å²) in [4.78, 5) is 11.8. The number of anilines is 1. The van der Waals surface area contributed by atoms with Crippen LogP contribution in [0.4, 0.5) is 10.5 Å². The minimum atomic E-state index is -0.340. The van der Waals surface area contributed by atoms with Gasteiger partial charge in [-0.15, -0.1) is 0 Å². The van der Waals surface area contributed by atoms with Crippen LogP contribution in [0.1, 0.15) is 24.0 Å².